The third kappa shape index (κ3) is 1.30. The molecule has 14 heavy (non-hydrogen) atoms. The fraction of sp³-hybridized carbons (Fsp3) is 0.818. The molecule has 0 aromatic rings. The van der Waals surface area contributed by atoms with Crippen molar-refractivity contribution >= 4 is 5.91 Å². The lowest BCUT2D eigenvalue weighted by Gasteiger charge is -2.38. The van der Waals surface area contributed by atoms with Crippen molar-refractivity contribution in [3.8, 4) is 6.19 Å². The molecular formula is C11H18N2O. The molecule has 78 valence electrons. The average molecular weight is 194 g/mol. The zero-order chi connectivity index (χ0) is 11.0. The summed E-state index contributed by atoms with van der Waals surface area (Å²) in [5, 5.41) is 10.7. The molecule has 0 aromatic carbocycles. The SMILES string of the molecule is C[C@@H]1CC[C@](C)(C(=O)NC#N)C1(C)C. The monoisotopic (exact) mass is 194 g/mol. The minimum atomic E-state index is -0.401. The highest BCUT2D eigenvalue weighted by Gasteiger charge is 2.54. The number of hydrogen-bond donors (Lipinski definition) is 1. The van der Waals surface area contributed by atoms with Crippen molar-refractivity contribution in [2.45, 2.75) is 40.5 Å². The smallest absolute Gasteiger partial charge is 0.239 e. The summed E-state index contributed by atoms with van der Waals surface area (Å²) < 4.78 is 0. The van der Waals surface area contributed by atoms with Gasteiger partial charge in [-0.05, 0) is 24.2 Å². The quantitative estimate of drug-likeness (QED) is 0.513. The van der Waals surface area contributed by atoms with Crippen molar-refractivity contribution in [1.29, 1.82) is 5.26 Å². The molecule has 3 nitrogen and oxygen atoms in total. The van der Waals surface area contributed by atoms with Crippen LogP contribution in [0.25, 0.3) is 0 Å². The first-order valence-electron chi connectivity index (χ1n) is 5.06. The number of rotatable bonds is 1. The van der Waals surface area contributed by atoms with E-state index in [1.165, 1.54) is 0 Å². The minimum absolute atomic E-state index is 0.0338. The molecule has 1 fully saturated rings. The molecule has 1 rings (SSSR count). The Hall–Kier alpha value is -1.04. The van der Waals surface area contributed by atoms with E-state index in [-0.39, 0.29) is 11.3 Å². The lowest BCUT2D eigenvalue weighted by molar-refractivity contribution is -0.134. The minimum Gasteiger partial charge on any atom is -0.273 e. The lowest BCUT2D eigenvalue weighted by Crippen LogP contribution is -2.45. The van der Waals surface area contributed by atoms with Gasteiger partial charge in [-0.15, -0.1) is 0 Å². The number of nitriles is 1. The summed E-state index contributed by atoms with van der Waals surface area (Å²) in [5.41, 5.74) is -0.434. The van der Waals surface area contributed by atoms with Crippen LogP contribution in [-0.2, 0) is 4.79 Å². The Labute approximate surface area is 85.5 Å². The van der Waals surface area contributed by atoms with Crippen molar-refractivity contribution in [2.75, 3.05) is 0 Å². The van der Waals surface area contributed by atoms with Crippen molar-refractivity contribution in [1.82, 2.24) is 5.32 Å². The van der Waals surface area contributed by atoms with E-state index in [2.05, 4.69) is 26.1 Å². The average Bonchev–Trinajstić information content (AvgIpc) is 2.31. The lowest BCUT2D eigenvalue weighted by atomic mass is 9.65. The molecule has 3 heteroatoms. The standard InChI is InChI=1S/C11H18N2O/c1-8-5-6-11(4,10(8,2)3)9(14)13-7-12/h8H,5-6H2,1-4H3,(H,13,14)/t8-,11-/m1/s1. The van der Waals surface area contributed by atoms with E-state index in [0.29, 0.717) is 5.92 Å². The van der Waals surface area contributed by atoms with E-state index in [1.807, 2.05) is 6.92 Å². The molecule has 1 N–H and O–H groups in total. The fourth-order valence-electron chi connectivity index (χ4n) is 2.33. The van der Waals surface area contributed by atoms with Crippen LogP contribution in [0.3, 0.4) is 0 Å². The third-order valence-electron chi connectivity index (χ3n) is 4.40. The normalized spacial score (nSPS) is 34.9. The van der Waals surface area contributed by atoms with Gasteiger partial charge in [0.1, 0.15) is 0 Å². The first-order chi connectivity index (χ1) is 6.36. The highest BCUT2D eigenvalue weighted by Crippen LogP contribution is 2.55. The zero-order valence-corrected chi connectivity index (χ0v) is 9.35. The van der Waals surface area contributed by atoms with Crippen LogP contribution < -0.4 is 5.32 Å². The molecule has 0 aromatic heterocycles. The molecule has 0 radical (unpaired) electrons. The second kappa shape index (κ2) is 3.27. The molecule has 1 aliphatic rings. The molecule has 0 spiro atoms. The molecular weight excluding hydrogens is 176 g/mol. The van der Waals surface area contributed by atoms with E-state index < -0.39 is 5.41 Å². The number of carbonyl (C=O) groups excluding carboxylic acids is 1. The molecule has 0 saturated heterocycles. The van der Waals surface area contributed by atoms with Crippen LogP contribution in [-0.4, -0.2) is 5.91 Å². The summed E-state index contributed by atoms with van der Waals surface area (Å²) in [4.78, 5) is 11.8. The van der Waals surface area contributed by atoms with Gasteiger partial charge in [-0.25, -0.2) is 0 Å². The second-order valence-electron chi connectivity index (χ2n) is 5.06. The van der Waals surface area contributed by atoms with Gasteiger partial charge in [-0.2, -0.15) is 5.26 Å². The number of amides is 1. The van der Waals surface area contributed by atoms with Gasteiger partial charge in [0.15, 0.2) is 6.19 Å². The Morgan fingerprint density at radius 2 is 2.07 bits per heavy atom. The second-order valence-corrected chi connectivity index (χ2v) is 5.06. The summed E-state index contributed by atoms with van der Waals surface area (Å²) >= 11 is 0. The number of nitrogens with one attached hydrogen (secondary N) is 1. The van der Waals surface area contributed by atoms with Crippen LogP contribution >= 0.6 is 0 Å². The maximum atomic E-state index is 11.8. The topological polar surface area (TPSA) is 52.9 Å². The Bertz CT molecular complexity index is 290. The van der Waals surface area contributed by atoms with Gasteiger partial charge in [0, 0.05) is 0 Å². The molecule has 1 aliphatic carbocycles. The number of carbonyl (C=O) groups is 1. The van der Waals surface area contributed by atoms with Crippen molar-refractivity contribution in [3.05, 3.63) is 0 Å². The largest absolute Gasteiger partial charge is 0.273 e. The van der Waals surface area contributed by atoms with E-state index in [0.717, 1.165) is 12.8 Å². The van der Waals surface area contributed by atoms with Gasteiger partial charge < -0.3 is 0 Å². The fourth-order valence-corrected chi connectivity index (χ4v) is 2.33. The van der Waals surface area contributed by atoms with E-state index in [9.17, 15) is 4.79 Å². The van der Waals surface area contributed by atoms with Crippen LogP contribution in [0, 0.1) is 28.2 Å². The van der Waals surface area contributed by atoms with E-state index >= 15 is 0 Å². The van der Waals surface area contributed by atoms with E-state index in [1.54, 1.807) is 6.19 Å². The summed E-state index contributed by atoms with van der Waals surface area (Å²) in [6.45, 7) is 8.36. The van der Waals surface area contributed by atoms with Gasteiger partial charge in [0.05, 0.1) is 5.41 Å². The van der Waals surface area contributed by atoms with Gasteiger partial charge in [-0.1, -0.05) is 27.7 Å². The summed E-state index contributed by atoms with van der Waals surface area (Å²) in [7, 11) is 0. The highest BCUT2D eigenvalue weighted by molar-refractivity contribution is 5.84. The summed E-state index contributed by atoms with van der Waals surface area (Å²) in [5.74, 6) is 0.395. The Morgan fingerprint density at radius 1 is 1.50 bits per heavy atom. The van der Waals surface area contributed by atoms with Crippen molar-refractivity contribution < 1.29 is 4.79 Å². The maximum Gasteiger partial charge on any atom is 0.239 e. The molecule has 0 unspecified atom stereocenters. The zero-order valence-electron chi connectivity index (χ0n) is 9.35. The number of hydrogen-bond acceptors (Lipinski definition) is 2. The van der Waals surface area contributed by atoms with Gasteiger partial charge >= 0.3 is 0 Å². The molecule has 0 aliphatic heterocycles. The first kappa shape index (κ1) is 11.0. The Kier molecular flexibility index (Phi) is 2.58. The van der Waals surface area contributed by atoms with Crippen LogP contribution in [0.4, 0.5) is 0 Å². The van der Waals surface area contributed by atoms with Gasteiger partial charge in [0.2, 0.25) is 5.91 Å². The molecule has 1 saturated carbocycles. The van der Waals surface area contributed by atoms with Crippen LogP contribution in [0.5, 0.6) is 0 Å². The predicted octanol–water partition coefficient (Wildman–Crippen LogP) is 2.05. The van der Waals surface area contributed by atoms with Gasteiger partial charge in [-0.3, -0.25) is 10.1 Å². The Balaban J connectivity index is 2.96. The van der Waals surface area contributed by atoms with Crippen LogP contribution in [0.2, 0.25) is 0 Å². The van der Waals surface area contributed by atoms with E-state index in [4.69, 9.17) is 5.26 Å². The predicted molar refractivity (Wildman–Crippen MR) is 54.0 cm³/mol. The van der Waals surface area contributed by atoms with Gasteiger partial charge in [0.25, 0.3) is 0 Å². The van der Waals surface area contributed by atoms with Crippen molar-refractivity contribution in [3.63, 3.8) is 0 Å². The third-order valence-corrected chi connectivity index (χ3v) is 4.40. The highest BCUT2D eigenvalue weighted by atomic mass is 16.2. The van der Waals surface area contributed by atoms with Crippen molar-refractivity contribution in [2.24, 2.45) is 16.7 Å². The summed E-state index contributed by atoms with van der Waals surface area (Å²) in [6, 6.07) is 0. The number of nitrogens with zero attached hydrogens (tertiary/aromatic N) is 1. The van der Waals surface area contributed by atoms with Crippen LogP contribution in [0.15, 0.2) is 0 Å². The van der Waals surface area contributed by atoms with Crippen LogP contribution in [0.1, 0.15) is 40.5 Å². The molecule has 0 bridgehead atoms. The first-order valence-corrected chi connectivity index (χ1v) is 5.06. The maximum absolute atomic E-state index is 11.8. The molecule has 2 atom stereocenters. The summed E-state index contributed by atoms with van der Waals surface area (Å²) in [6.07, 6.45) is 3.65. The Morgan fingerprint density at radius 3 is 2.43 bits per heavy atom. The molecule has 1 amide bonds. The molecule has 0 heterocycles.